The van der Waals surface area contributed by atoms with Crippen molar-refractivity contribution in [2.24, 2.45) is 7.05 Å². The normalized spacial score (nSPS) is 13.4. The van der Waals surface area contributed by atoms with Crippen molar-refractivity contribution in [1.82, 2.24) is 9.78 Å². The molecule has 1 aromatic carbocycles. The van der Waals surface area contributed by atoms with Crippen molar-refractivity contribution in [3.63, 3.8) is 0 Å². The molecule has 2 rings (SSSR count). The Labute approximate surface area is 141 Å². The lowest BCUT2D eigenvalue weighted by Gasteiger charge is -2.17. The van der Waals surface area contributed by atoms with Gasteiger partial charge in [0.05, 0.1) is 11.3 Å². The van der Waals surface area contributed by atoms with Gasteiger partial charge in [0, 0.05) is 13.2 Å². The quantitative estimate of drug-likeness (QED) is 0.812. The molecule has 0 fully saturated rings. The topological polar surface area (TPSA) is 56.2 Å². The lowest BCUT2D eigenvalue weighted by molar-refractivity contribution is -0.236. The Morgan fingerprint density at radius 3 is 2.38 bits per heavy atom. The summed E-state index contributed by atoms with van der Waals surface area (Å²) in [5, 5.41) is 5.10. The number of carbonyl (C=O) groups is 1. The number of rotatable bonds is 4. The molecule has 1 atom stereocenters. The lowest BCUT2D eigenvalue weighted by atomic mass is 10.2. The van der Waals surface area contributed by atoms with Crippen LogP contribution in [0.3, 0.4) is 0 Å². The Kier molecular flexibility index (Phi) is 5.14. The highest BCUT2D eigenvalue weighted by Gasteiger charge is 2.43. The Balaban J connectivity index is 2.29. The molecule has 1 aromatic heterocycles. The molecule has 0 saturated heterocycles. The Morgan fingerprint density at radius 2 is 1.81 bits per heavy atom. The summed E-state index contributed by atoms with van der Waals surface area (Å²) in [5.74, 6) is -2.01. The van der Waals surface area contributed by atoms with Crippen LogP contribution in [0, 0.1) is 0 Å². The second kappa shape index (κ2) is 6.84. The first-order valence-electron chi connectivity index (χ1n) is 6.78. The molecule has 1 heterocycles. The van der Waals surface area contributed by atoms with E-state index in [9.17, 15) is 35.5 Å². The first-order valence-corrected chi connectivity index (χ1v) is 6.78. The second-order valence-corrected chi connectivity index (χ2v) is 4.99. The largest absolute Gasteiger partial charge is 0.457 e. The summed E-state index contributed by atoms with van der Waals surface area (Å²) in [6.07, 6.45) is -13.1. The van der Waals surface area contributed by atoms with Crippen LogP contribution in [0.1, 0.15) is 16.1 Å². The second-order valence-electron chi connectivity index (χ2n) is 4.99. The molecule has 2 aromatic rings. The first-order chi connectivity index (χ1) is 11.9. The zero-order valence-corrected chi connectivity index (χ0v) is 12.8. The molecule has 0 aliphatic rings. The molecular formula is C14H10F7N3O2. The van der Waals surface area contributed by atoms with Gasteiger partial charge in [-0.15, -0.1) is 0 Å². The summed E-state index contributed by atoms with van der Waals surface area (Å²) in [7, 11) is 1.15. The number of nitrogens with zero attached hydrogens (tertiary/aromatic N) is 2. The van der Waals surface area contributed by atoms with E-state index >= 15 is 0 Å². The molecule has 0 radical (unpaired) electrons. The van der Waals surface area contributed by atoms with Crippen molar-refractivity contribution in [2.75, 3.05) is 5.32 Å². The summed E-state index contributed by atoms with van der Waals surface area (Å²) >= 11 is 0. The molecule has 0 spiro atoms. The summed E-state index contributed by atoms with van der Waals surface area (Å²) in [5.41, 5.74) is -2.78. The number of para-hydroxylation sites is 2. The maximum atomic E-state index is 13.0. The minimum absolute atomic E-state index is 0.443. The third-order valence-corrected chi connectivity index (χ3v) is 2.96. The fourth-order valence-corrected chi connectivity index (χ4v) is 1.90. The number of amides is 1. The van der Waals surface area contributed by atoms with E-state index in [1.807, 2.05) is 5.32 Å². The average molecular weight is 385 g/mol. The van der Waals surface area contributed by atoms with Gasteiger partial charge >= 0.3 is 18.7 Å². The molecule has 1 unspecified atom stereocenters. The number of alkyl halides is 7. The Morgan fingerprint density at radius 1 is 1.19 bits per heavy atom. The van der Waals surface area contributed by atoms with Crippen LogP contribution < -0.4 is 10.1 Å². The number of hydrogen-bond donors (Lipinski definition) is 1. The van der Waals surface area contributed by atoms with Crippen LogP contribution in [-0.2, 0) is 13.2 Å². The van der Waals surface area contributed by atoms with Gasteiger partial charge in [-0.3, -0.25) is 9.48 Å². The third kappa shape index (κ3) is 4.43. The van der Waals surface area contributed by atoms with Crippen LogP contribution in [0.25, 0.3) is 0 Å². The molecule has 26 heavy (non-hydrogen) atoms. The number of aromatic nitrogens is 2. The van der Waals surface area contributed by atoms with Gasteiger partial charge in [0.25, 0.3) is 5.91 Å². The number of anilines is 1. The van der Waals surface area contributed by atoms with Gasteiger partial charge in [0.15, 0.2) is 5.69 Å². The van der Waals surface area contributed by atoms with Crippen molar-refractivity contribution in [3.05, 3.63) is 41.7 Å². The fraction of sp³-hybridized carbons (Fsp3) is 0.286. The van der Waals surface area contributed by atoms with Gasteiger partial charge in [0.1, 0.15) is 5.75 Å². The van der Waals surface area contributed by atoms with Crippen LogP contribution >= 0.6 is 0 Å². The van der Waals surface area contributed by atoms with E-state index in [0.717, 1.165) is 30.1 Å². The maximum absolute atomic E-state index is 13.0. The smallest absolute Gasteiger partial charge is 0.450 e. The molecule has 0 saturated carbocycles. The van der Waals surface area contributed by atoms with Gasteiger partial charge in [0.2, 0.25) is 0 Å². The van der Waals surface area contributed by atoms with E-state index in [1.54, 1.807) is 0 Å². The van der Waals surface area contributed by atoms with Crippen molar-refractivity contribution in [1.29, 1.82) is 0 Å². The van der Waals surface area contributed by atoms with Crippen molar-refractivity contribution in [2.45, 2.75) is 18.7 Å². The number of nitrogens with one attached hydrogen (secondary N) is 1. The van der Waals surface area contributed by atoms with Gasteiger partial charge in [-0.25, -0.2) is 0 Å². The molecule has 0 aliphatic carbocycles. The minimum Gasteiger partial charge on any atom is -0.450 e. The number of halogens is 7. The molecule has 12 heteroatoms. The third-order valence-electron chi connectivity index (χ3n) is 2.96. The summed E-state index contributed by atoms with van der Waals surface area (Å²) < 4.78 is 93.3. The van der Waals surface area contributed by atoms with Gasteiger partial charge < -0.3 is 10.1 Å². The monoisotopic (exact) mass is 385 g/mol. The Hall–Kier alpha value is -2.79. The van der Waals surface area contributed by atoms with Crippen molar-refractivity contribution in [3.8, 4) is 5.75 Å². The fourth-order valence-electron chi connectivity index (χ4n) is 1.90. The van der Waals surface area contributed by atoms with Crippen molar-refractivity contribution >= 4 is 11.6 Å². The molecule has 1 N–H and O–H groups in total. The van der Waals surface area contributed by atoms with Gasteiger partial charge in [-0.05, 0) is 12.1 Å². The maximum Gasteiger partial charge on any atom is 0.457 e. The van der Waals surface area contributed by atoms with Crippen LogP contribution in [0.15, 0.2) is 30.5 Å². The van der Waals surface area contributed by atoms with Crippen LogP contribution in [0.2, 0.25) is 0 Å². The highest BCUT2D eigenvalue weighted by atomic mass is 19.4. The number of carbonyl (C=O) groups excluding carboxylic acids is 1. The number of aryl methyl sites for hydroxylation is 1. The van der Waals surface area contributed by atoms with Crippen LogP contribution in [0.4, 0.5) is 36.4 Å². The van der Waals surface area contributed by atoms with E-state index in [2.05, 4.69) is 9.84 Å². The molecule has 0 bridgehead atoms. The zero-order chi connectivity index (χ0) is 19.7. The highest BCUT2D eigenvalue weighted by molar-refractivity contribution is 6.05. The van der Waals surface area contributed by atoms with E-state index < -0.39 is 47.3 Å². The summed E-state index contributed by atoms with van der Waals surface area (Å²) in [4.78, 5) is 12.1. The average Bonchev–Trinajstić information content (AvgIpc) is 2.90. The van der Waals surface area contributed by atoms with E-state index in [1.165, 1.54) is 12.1 Å². The van der Waals surface area contributed by atoms with Gasteiger partial charge in [-0.2, -0.15) is 35.8 Å². The van der Waals surface area contributed by atoms with Gasteiger partial charge in [-0.1, -0.05) is 12.1 Å². The molecular weight excluding hydrogens is 375 g/mol. The standard InChI is InChI=1S/C14H10F7N3O2/c1-24-6-7(10(23-24)13(16,17)18)11(25)22-8-4-2-3-5-9(8)26-12(15)14(19,20)21/h2-6,12H,1H3,(H,22,25). The van der Waals surface area contributed by atoms with Crippen LogP contribution in [-0.4, -0.2) is 28.2 Å². The van der Waals surface area contributed by atoms with Crippen molar-refractivity contribution < 1.29 is 40.3 Å². The van der Waals surface area contributed by atoms with Crippen LogP contribution in [0.5, 0.6) is 5.75 Å². The minimum atomic E-state index is -5.32. The lowest BCUT2D eigenvalue weighted by Crippen LogP contribution is -2.30. The highest BCUT2D eigenvalue weighted by Crippen LogP contribution is 2.33. The number of benzene rings is 1. The number of hydrogen-bond acceptors (Lipinski definition) is 3. The predicted molar refractivity (Wildman–Crippen MR) is 74.2 cm³/mol. The molecule has 0 aliphatic heterocycles. The molecule has 142 valence electrons. The SMILES string of the molecule is Cn1cc(C(=O)Nc2ccccc2OC(F)C(F)(F)F)c(C(F)(F)F)n1. The first kappa shape index (κ1) is 19.5. The van der Waals surface area contributed by atoms with E-state index in [4.69, 9.17) is 0 Å². The predicted octanol–water partition coefficient (Wildman–Crippen LogP) is 3.93. The summed E-state index contributed by atoms with van der Waals surface area (Å²) in [6.45, 7) is 0. The zero-order valence-electron chi connectivity index (χ0n) is 12.8. The molecule has 5 nitrogen and oxygen atoms in total. The Bertz CT molecular complexity index is 799. The van der Waals surface area contributed by atoms with E-state index in [0.29, 0.717) is 0 Å². The summed E-state index contributed by atoms with van der Waals surface area (Å²) in [6, 6.07) is 4.41. The number of ether oxygens (including phenoxy) is 1. The van der Waals surface area contributed by atoms with E-state index in [-0.39, 0.29) is 0 Å². The molecule has 1 amide bonds.